The minimum atomic E-state index is 0.968. The Morgan fingerprint density at radius 2 is 2.08 bits per heavy atom. The van der Waals surface area contributed by atoms with E-state index in [1.54, 1.807) is 0 Å². The summed E-state index contributed by atoms with van der Waals surface area (Å²) in [7, 11) is 0. The summed E-state index contributed by atoms with van der Waals surface area (Å²) in [6.45, 7) is 8.27. The molecule has 1 aliphatic heterocycles. The van der Waals surface area contributed by atoms with E-state index in [4.69, 9.17) is 0 Å². The van der Waals surface area contributed by atoms with E-state index in [1.165, 1.54) is 36.0 Å². The molecule has 0 aliphatic carbocycles. The van der Waals surface area contributed by atoms with Gasteiger partial charge in [0.05, 0.1) is 0 Å². The first-order valence-electron chi connectivity index (χ1n) is 4.85. The van der Waals surface area contributed by atoms with Gasteiger partial charge in [0.2, 0.25) is 0 Å². The van der Waals surface area contributed by atoms with Gasteiger partial charge in [-0.15, -0.1) is 0 Å². The first kappa shape index (κ1) is 10.7. The summed E-state index contributed by atoms with van der Waals surface area (Å²) in [6.07, 6.45) is 7.76. The summed E-state index contributed by atoms with van der Waals surface area (Å²) in [5.41, 5.74) is 1.37. The van der Waals surface area contributed by atoms with Crippen LogP contribution in [0, 0.1) is 0 Å². The van der Waals surface area contributed by atoms with Crippen LogP contribution in [0.5, 0.6) is 0 Å². The summed E-state index contributed by atoms with van der Waals surface area (Å²) < 4.78 is 1.32. The van der Waals surface area contributed by atoms with E-state index in [0.717, 1.165) is 6.42 Å². The molecule has 13 heavy (non-hydrogen) atoms. The van der Waals surface area contributed by atoms with Crippen LogP contribution in [0.3, 0.4) is 0 Å². The molecule has 1 nitrogen and oxygen atoms in total. The SMILES string of the molecule is C=CC/C(=C\C)C(=[Se])N1CCCC1. The van der Waals surface area contributed by atoms with Gasteiger partial charge in [-0.1, -0.05) is 0 Å². The van der Waals surface area contributed by atoms with E-state index in [9.17, 15) is 0 Å². The van der Waals surface area contributed by atoms with Gasteiger partial charge in [0.1, 0.15) is 0 Å². The maximum absolute atomic E-state index is 3.77. The van der Waals surface area contributed by atoms with Crippen molar-refractivity contribution in [2.24, 2.45) is 0 Å². The zero-order chi connectivity index (χ0) is 9.68. The average molecular weight is 242 g/mol. The fourth-order valence-corrected chi connectivity index (χ4v) is 2.41. The Morgan fingerprint density at radius 1 is 1.46 bits per heavy atom. The first-order chi connectivity index (χ1) is 6.29. The summed E-state index contributed by atoms with van der Waals surface area (Å²) in [5.74, 6) is 0. The molecule has 1 aliphatic rings. The van der Waals surface area contributed by atoms with Gasteiger partial charge in [-0.25, -0.2) is 0 Å². The Labute approximate surface area is 88.9 Å². The van der Waals surface area contributed by atoms with Gasteiger partial charge >= 0.3 is 88.6 Å². The summed E-state index contributed by atoms with van der Waals surface area (Å²) in [5, 5.41) is 0. The molecule has 0 aromatic carbocycles. The maximum atomic E-state index is 3.77. The predicted molar refractivity (Wildman–Crippen MR) is 60.1 cm³/mol. The number of hydrogen-bond acceptors (Lipinski definition) is 1. The minimum absolute atomic E-state index is 0.968. The number of rotatable bonds is 4. The molecule has 1 heterocycles. The molecule has 72 valence electrons. The van der Waals surface area contributed by atoms with Crippen molar-refractivity contribution in [1.82, 2.24) is 4.90 Å². The van der Waals surface area contributed by atoms with E-state index in [-0.39, 0.29) is 0 Å². The van der Waals surface area contributed by atoms with Gasteiger partial charge < -0.3 is 0 Å². The van der Waals surface area contributed by atoms with Crippen LogP contribution in [-0.4, -0.2) is 38.1 Å². The van der Waals surface area contributed by atoms with Crippen LogP contribution < -0.4 is 0 Å². The van der Waals surface area contributed by atoms with Crippen molar-refractivity contribution in [3.05, 3.63) is 24.3 Å². The van der Waals surface area contributed by atoms with Gasteiger partial charge in [-0.2, -0.15) is 0 Å². The zero-order valence-corrected chi connectivity index (χ0v) is 9.97. The fraction of sp³-hybridized carbons (Fsp3) is 0.545. The Morgan fingerprint density at radius 3 is 2.54 bits per heavy atom. The van der Waals surface area contributed by atoms with Crippen LogP contribution in [-0.2, 0) is 0 Å². The van der Waals surface area contributed by atoms with Crippen molar-refractivity contribution < 1.29 is 0 Å². The average Bonchev–Trinajstić information content (AvgIpc) is 2.65. The third-order valence-corrected chi connectivity index (χ3v) is 3.47. The van der Waals surface area contributed by atoms with Gasteiger partial charge in [0.15, 0.2) is 0 Å². The molecule has 0 aromatic heterocycles. The van der Waals surface area contributed by atoms with Gasteiger partial charge in [-0.3, -0.25) is 0 Å². The van der Waals surface area contributed by atoms with E-state index in [2.05, 4.69) is 40.1 Å². The molecule has 0 bridgehead atoms. The third-order valence-electron chi connectivity index (χ3n) is 2.38. The van der Waals surface area contributed by atoms with Crippen LogP contribution in [0.1, 0.15) is 26.2 Å². The Balaban J connectivity index is 2.58. The van der Waals surface area contributed by atoms with E-state index in [1.807, 2.05) is 6.08 Å². The summed E-state index contributed by atoms with van der Waals surface area (Å²) in [6, 6.07) is 0. The Bertz CT molecular complexity index is 224. The second kappa shape index (κ2) is 5.41. The van der Waals surface area contributed by atoms with Crippen molar-refractivity contribution in [2.45, 2.75) is 26.2 Å². The van der Waals surface area contributed by atoms with Crippen LogP contribution in [0.25, 0.3) is 0 Å². The third kappa shape index (κ3) is 2.82. The van der Waals surface area contributed by atoms with Crippen LogP contribution in [0.15, 0.2) is 24.3 Å². The molecular formula is C11H17NSe. The van der Waals surface area contributed by atoms with Gasteiger partial charge in [0.25, 0.3) is 0 Å². The van der Waals surface area contributed by atoms with Gasteiger partial charge in [0, 0.05) is 0 Å². The monoisotopic (exact) mass is 243 g/mol. The number of likely N-dealkylation sites (tertiary alicyclic amines) is 1. The van der Waals surface area contributed by atoms with Crippen molar-refractivity contribution in [3.8, 4) is 0 Å². The standard InChI is InChI=1S/C11H17NSe/c1-3-7-10(4-2)11(13)12-8-5-6-9-12/h3-4H,1,5-9H2,2H3/b10-4+. The normalized spacial score (nSPS) is 17.6. The molecule has 0 unspecified atom stereocenters. The molecule has 1 rings (SSSR count). The van der Waals surface area contributed by atoms with Crippen LogP contribution in [0.4, 0.5) is 0 Å². The van der Waals surface area contributed by atoms with Crippen molar-refractivity contribution >= 4 is 20.1 Å². The van der Waals surface area contributed by atoms with E-state index in [0.29, 0.717) is 0 Å². The first-order valence-corrected chi connectivity index (χ1v) is 5.70. The number of hydrogen-bond donors (Lipinski definition) is 0. The quantitative estimate of drug-likeness (QED) is 0.537. The molecule has 0 N–H and O–H groups in total. The second-order valence-corrected chi connectivity index (χ2v) is 4.12. The van der Waals surface area contributed by atoms with Crippen molar-refractivity contribution in [1.29, 1.82) is 0 Å². The topological polar surface area (TPSA) is 3.24 Å². The van der Waals surface area contributed by atoms with Crippen molar-refractivity contribution in [2.75, 3.05) is 13.1 Å². The Hall–Kier alpha value is -0.331. The molecule has 0 atom stereocenters. The molecule has 1 saturated heterocycles. The molecule has 0 spiro atoms. The van der Waals surface area contributed by atoms with Gasteiger partial charge in [-0.05, 0) is 0 Å². The van der Waals surface area contributed by atoms with Crippen LogP contribution >= 0.6 is 0 Å². The van der Waals surface area contributed by atoms with E-state index >= 15 is 0 Å². The van der Waals surface area contributed by atoms with Crippen molar-refractivity contribution in [3.63, 3.8) is 0 Å². The molecule has 1 fully saturated rings. The molecule has 2 heteroatoms. The zero-order valence-electron chi connectivity index (χ0n) is 8.25. The summed E-state index contributed by atoms with van der Waals surface area (Å²) in [4.78, 5) is 2.43. The predicted octanol–water partition coefficient (Wildman–Crippen LogP) is 1.90. The Kier molecular flexibility index (Phi) is 4.47. The molecule has 0 aromatic rings. The van der Waals surface area contributed by atoms with Crippen LogP contribution in [0.2, 0.25) is 0 Å². The fourth-order valence-electron chi connectivity index (χ4n) is 1.61. The molecular weight excluding hydrogens is 225 g/mol. The molecule has 0 saturated carbocycles. The summed E-state index contributed by atoms with van der Waals surface area (Å²) >= 11 is 3.18. The molecule has 0 radical (unpaired) electrons. The number of allylic oxidation sites excluding steroid dienone is 2. The van der Waals surface area contributed by atoms with E-state index < -0.39 is 0 Å². The number of nitrogens with zero attached hydrogens (tertiary/aromatic N) is 1. The second-order valence-electron chi connectivity index (χ2n) is 3.31. The molecule has 0 amide bonds.